The number of carbonyl (C=O) groups is 1. The van der Waals surface area contributed by atoms with Crippen molar-refractivity contribution in [3.8, 4) is 0 Å². The van der Waals surface area contributed by atoms with Crippen LogP contribution in [0.4, 0.5) is 11.4 Å². The molecule has 0 bridgehead atoms. The maximum absolute atomic E-state index is 12.9. The normalized spacial score (nSPS) is 17.2. The predicted octanol–water partition coefficient (Wildman–Crippen LogP) is 4.47. The fraction of sp³-hybridized carbons (Fsp3) is 0.222. The molecule has 0 radical (unpaired) electrons. The number of benzene rings is 3. The number of nitrogens with two attached hydrogens (primary N) is 1. The number of hydrogen-bond donors (Lipinski definition) is 3. The summed E-state index contributed by atoms with van der Waals surface area (Å²) in [5.41, 5.74) is 13.2. The Kier molecular flexibility index (Phi) is 5.65. The zero-order chi connectivity index (χ0) is 21.9. The van der Waals surface area contributed by atoms with Crippen LogP contribution in [0.1, 0.15) is 35.1 Å². The molecule has 0 unspecified atom stereocenters. The molecular formula is C27H28N4O. The molecule has 2 aliphatic heterocycles. The molecule has 5 nitrogen and oxygen atoms in total. The van der Waals surface area contributed by atoms with E-state index in [2.05, 4.69) is 39.8 Å². The summed E-state index contributed by atoms with van der Waals surface area (Å²) in [6.45, 7) is 4.06. The first-order valence-corrected chi connectivity index (χ1v) is 11.2. The van der Waals surface area contributed by atoms with Crippen molar-refractivity contribution in [2.75, 3.05) is 24.1 Å². The Balaban J connectivity index is 1.41. The quantitative estimate of drug-likeness (QED) is 0.403. The highest BCUT2D eigenvalue weighted by Gasteiger charge is 2.28. The molecule has 32 heavy (non-hydrogen) atoms. The van der Waals surface area contributed by atoms with Gasteiger partial charge in [0.2, 0.25) is 0 Å². The molecule has 1 saturated heterocycles. The van der Waals surface area contributed by atoms with E-state index in [1.54, 1.807) is 0 Å². The van der Waals surface area contributed by atoms with Crippen molar-refractivity contribution in [3.05, 3.63) is 95.1 Å². The van der Waals surface area contributed by atoms with Gasteiger partial charge < -0.3 is 16.4 Å². The Labute approximate surface area is 188 Å². The highest BCUT2D eigenvalue weighted by atomic mass is 16.2. The molecule has 0 atom stereocenters. The van der Waals surface area contributed by atoms with Gasteiger partial charge in [-0.05, 0) is 60.8 Å². The average Bonchev–Trinajstić information content (AvgIpc) is 3.43. The standard InChI is InChI=1S/C27H28N4O/c28-22-12-13-23-24(16-22)30-27(32)25(23)26(21-6-2-1-3-7-21)29-17-19-8-10-20(11-9-19)18-31-14-4-5-15-31/h1-3,6-13,16,29H,4-5,14-15,17-18,28H2,(H,30,32)/b26-25-. The summed E-state index contributed by atoms with van der Waals surface area (Å²) in [4.78, 5) is 15.4. The van der Waals surface area contributed by atoms with Gasteiger partial charge in [-0.1, -0.05) is 54.6 Å². The Bertz CT molecular complexity index is 1150. The summed E-state index contributed by atoms with van der Waals surface area (Å²) in [5, 5.41) is 6.51. The lowest BCUT2D eigenvalue weighted by atomic mass is 9.99. The maximum Gasteiger partial charge on any atom is 0.258 e. The molecule has 2 heterocycles. The van der Waals surface area contributed by atoms with Gasteiger partial charge in [0.15, 0.2) is 0 Å². The third-order valence-electron chi connectivity index (χ3n) is 6.20. The fourth-order valence-corrected chi connectivity index (χ4v) is 4.53. The number of carbonyl (C=O) groups excluding carboxylic acids is 1. The van der Waals surface area contributed by atoms with Crippen molar-refractivity contribution in [1.82, 2.24) is 10.2 Å². The van der Waals surface area contributed by atoms with Gasteiger partial charge in [0.1, 0.15) is 0 Å². The van der Waals surface area contributed by atoms with E-state index in [0.717, 1.165) is 29.1 Å². The van der Waals surface area contributed by atoms with Crippen molar-refractivity contribution in [2.24, 2.45) is 0 Å². The van der Waals surface area contributed by atoms with Crippen molar-refractivity contribution in [3.63, 3.8) is 0 Å². The minimum absolute atomic E-state index is 0.113. The zero-order valence-electron chi connectivity index (χ0n) is 18.1. The van der Waals surface area contributed by atoms with Crippen molar-refractivity contribution < 1.29 is 4.79 Å². The number of anilines is 2. The molecule has 5 rings (SSSR count). The summed E-state index contributed by atoms with van der Waals surface area (Å²) < 4.78 is 0. The number of likely N-dealkylation sites (tertiary alicyclic amines) is 1. The number of nitrogens with one attached hydrogen (secondary N) is 2. The number of fused-ring (bicyclic) bond motifs is 1. The lowest BCUT2D eigenvalue weighted by molar-refractivity contribution is -0.110. The number of nitrogen functional groups attached to an aromatic ring is 1. The van der Waals surface area contributed by atoms with Gasteiger partial charge in [0, 0.05) is 24.3 Å². The Morgan fingerprint density at radius 1 is 0.938 bits per heavy atom. The van der Waals surface area contributed by atoms with Crippen LogP contribution in [0, 0.1) is 0 Å². The van der Waals surface area contributed by atoms with E-state index in [0.29, 0.717) is 17.8 Å². The van der Waals surface area contributed by atoms with Gasteiger partial charge in [0.05, 0.1) is 17.0 Å². The summed E-state index contributed by atoms with van der Waals surface area (Å²) in [6.07, 6.45) is 2.62. The number of hydrogen-bond acceptors (Lipinski definition) is 4. The van der Waals surface area contributed by atoms with Gasteiger partial charge in [-0.25, -0.2) is 0 Å². The second-order valence-electron chi connectivity index (χ2n) is 8.53. The maximum atomic E-state index is 12.9. The van der Waals surface area contributed by atoms with Gasteiger partial charge in [0.25, 0.3) is 5.91 Å². The Hall–Kier alpha value is -3.57. The summed E-state index contributed by atoms with van der Waals surface area (Å²) in [6, 6.07) is 24.3. The van der Waals surface area contributed by atoms with Crippen LogP contribution in [-0.2, 0) is 17.9 Å². The zero-order valence-corrected chi connectivity index (χ0v) is 18.1. The van der Waals surface area contributed by atoms with Crippen LogP contribution in [0.2, 0.25) is 0 Å². The van der Waals surface area contributed by atoms with E-state index in [1.165, 1.54) is 37.1 Å². The van der Waals surface area contributed by atoms with Crippen LogP contribution in [0.25, 0.3) is 11.3 Å². The average molecular weight is 425 g/mol. The topological polar surface area (TPSA) is 70.4 Å². The monoisotopic (exact) mass is 424 g/mol. The van der Waals surface area contributed by atoms with E-state index < -0.39 is 0 Å². The minimum Gasteiger partial charge on any atom is -0.399 e. The van der Waals surface area contributed by atoms with Crippen LogP contribution < -0.4 is 16.4 Å². The molecule has 4 N–H and O–H groups in total. The smallest absolute Gasteiger partial charge is 0.258 e. The fourth-order valence-electron chi connectivity index (χ4n) is 4.53. The van der Waals surface area contributed by atoms with Crippen LogP contribution in [0.3, 0.4) is 0 Å². The largest absolute Gasteiger partial charge is 0.399 e. The van der Waals surface area contributed by atoms with E-state index >= 15 is 0 Å². The number of amides is 1. The van der Waals surface area contributed by atoms with Crippen LogP contribution in [0.15, 0.2) is 72.8 Å². The summed E-state index contributed by atoms with van der Waals surface area (Å²) >= 11 is 0. The van der Waals surface area contributed by atoms with Crippen LogP contribution >= 0.6 is 0 Å². The SMILES string of the molecule is Nc1ccc2c(c1)NC(=O)/C2=C(\NCc1ccc(CN2CCCC2)cc1)c1ccccc1. The van der Waals surface area contributed by atoms with Gasteiger partial charge in [-0.2, -0.15) is 0 Å². The highest BCUT2D eigenvalue weighted by Crippen LogP contribution is 2.37. The predicted molar refractivity (Wildman–Crippen MR) is 131 cm³/mol. The van der Waals surface area contributed by atoms with Gasteiger partial charge in [-0.15, -0.1) is 0 Å². The molecule has 1 fully saturated rings. The lowest BCUT2D eigenvalue weighted by Gasteiger charge is -2.16. The van der Waals surface area contributed by atoms with E-state index in [-0.39, 0.29) is 5.91 Å². The van der Waals surface area contributed by atoms with Crippen LogP contribution in [0.5, 0.6) is 0 Å². The minimum atomic E-state index is -0.113. The van der Waals surface area contributed by atoms with Crippen LogP contribution in [-0.4, -0.2) is 23.9 Å². The lowest BCUT2D eigenvalue weighted by Crippen LogP contribution is -2.18. The van der Waals surface area contributed by atoms with Crippen molar-refractivity contribution in [1.29, 1.82) is 0 Å². The van der Waals surface area contributed by atoms with Crippen molar-refractivity contribution in [2.45, 2.75) is 25.9 Å². The molecule has 5 heteroatoms. The molecule has 162 valence electrons. The molecular weight excluding hydrogens is 396 g/mol. The highest BCUT2D eigenvalue weighted by molar-refractivity contribution is 6.36. The molecule has 0 aromatic heterocycles. The summed E-state index contributed by atoms with van der Waals surface area (Å²) in [5.74, 6) is -0.113. The molecule has 1 amide bonds. The third-order valence-corrected chi connectivity index (χ3v) is 6.20. The van der Waals surface area contributed by atoms with Crippen molar-refractivity contribution >= 4 is 28.6 Å². The second-order valence-corrected chi connectivity index (χ2v) is 8.53. The first-order valence-electron chi connectivity index (χ1n) is 11.2. The number of nitrogens with zero attached hydrogens (tertiary/aromatic N) is 1. The molecule has 3 aromatic carbocycles. The number of rotatable bonds is 6. The van der Waals surface area contributed by atoms with E-state index in [1.807, 2.05) is 48.5 Å². The first kappa shape index (κ1) is 20.3. The Morgan fingerprint density at radius 2 is 1.66 bits per heavy atom. The summed E-state index contributed by atoms with van der Waals surface area (Å²) in [7, 11) is 0. The first-order chi connectivity index (χ1) is 15.7. The van der Waals surface area contributed by atoms with E-state index in [4.69, 9.17) is 5.73 Å². The van der Waals surface area contributed by atoms with Gasteiger partial charge in [-0.3, -0.25) is 9.69 Å². The van der Waals surface area contributed by atoms with E-state index in [9.17, 15) is 4.79 Å². The molecule has 0 aliphatic carbocycles. The molecule has 2 aliphatic rings. The Morgan fingerprint density at radius 3 is 2.41 bits per heavy atom. The molecule has 0 saturated carbocycles. The third kappa shape index (κ3) is 4.25. The molecule has 0 spiro atoms. The van der Waals surface area contributed by atoms with Gasteiger partial charge >= 0.3 is 0 Å². The molecule has 3 aromatic rings. The second kappa shape index (κ2) is 8.89.